The second-order valence-electron chi connectivity index (χ2n) is 5.39. The van der Waals surface area contributed by atoms with Crippen LogP contribution in [0.4, 0.5) is 13.2 Å². The number of thiophene rings is 1. The van der Waals surface area contributed by atoms with Crippen LogP contribution in [0.1, 0.15) is 34.6 Å². The summed E-state index contributed by atoms with van der Waals surface area (Å²) >= 11 is 1.31. The highest BCUT2D eigenvalue weighted by atomic mass is 32.1. The topological polar surface area (TPSA) is 67.4 Å². The van der Waals surface area contributed by atoms with Gasteiger partial charge in [-0.1, -0.05) is 18.2 Å². The van der Waals surface area contributed by atoms with E-state index in [0.717, 1.165) is 0 Å². The van der Waals surface area contributed by atoms with Crippen molar-refractivity contribution < 1.29 is 27.5 Å². The molecular weight excluding hydrogens is 369 g/mol. The molecule has 140 valence electrons. The van der Waals surface area contributed by atoms with Crippen LogP contribution in [-0.4, -0.2) is 24.7 Å². The van der Waals surface area contributed by atoms with Crippen molar-refractivity contribution in [1.29, 1.82) is 0 Å². The molecule has 0 radical (unpaired) electrons. The number of carbonyl (C=O) groups is 2. The fraction of sp³-hybridized carbons (Fsp3) is 0.294. The van der Waals surface area contributed by atoms with E-state index in [1.165, 1.54) is 35.6 Å². The summed E-state index contributed by atoms with van der Waals surface area (Å²) in [4.78, 5) is 24.2. The molecule has 1 atom stereocenters. The number of alkyl halides is 3. The van der Waals surface area contributed by atoms with Gasteiger partial charge in [-0.05, 0) is 36.1 Å². The molecule has 26 heavy (non-hydrogen) atoms. The first-order valence-corrected chi connectivity index (χ1v) is 8.59. The van der Waals surface area contributed by atoms with Crippen LogP contribution >= 0.6 is 11.3 Å². The van der Waals surface area contributed by atoms with Crippen molar-refractivity contribution in [2.75, 3.05) is 6.54 Å². The average molecular weight is 386 g/mol. The van der Waals surface area contributed by atoms with Gasteiger partial charge in [0.15, 0.2) is 0 Å². The molecule has 1 aromatic heterocycles. The Hall–Kier alpha value is -2.55. The first kappa shape index (κ1) is 19.8. The van der Waals surface area contributed by atoms with Crippen LogP contribution in [0.15, 0.2) is 41.8 Å². The van der Waals surface area contributed by atoms with E-state index in [1.54, 1.807) is 24.4 Å². The van der Waals surface area contributed by atoms with Crippen LogP contribution in [0, 0.1) is 0 Å². The first-order valence-electron chi connectivity index (χ1n) is 7.71. The molecule has 9 heteroatoms. The van der Waals surface area contributed by atoms with Gasteiger partial charge in [0.2, 0.25) is 5.91 Å². The molecule has 2 rings (SSSR count). The van der Waals surface area contributed by atoms with Gasteiger partial charge in [-0.3, -0.25) is 9.59 Å². The first-order chi connectivity index (χ1) is 12.2. The maximum absolute atomic E-state index is 12.1. The van der Waals surface area contributed by atoms with E-state index in [9.17, 15) is 22.8 Å². The van der Waals surface area contributed by atoms with Crippen LogP contribution in [0.2, 0.25) is 0 Å². The lowest BCUT2D eigenvalue weighted by atomic mass is 10.1. The lowest BCUT2D eigenvalue weighted by Crippen LogP contribution is -2.31. The number of hydrogen-bond donors (Lipinski definition) is 2. The summed E-state index contributed by atoms with van der Waals surface area (Å²) in [5.41, 5.74) is 0.635. The number of hydrogen-bond acceptors (Lipinski definition) is 4. The lowest BCUT2D eigenvalue weighted by Gasteiger charge is -2.15. The fourth-order valence-corrected chi connectivity index (χ4v) is 2.78. The van der Waals surface area contributed by atoms with Gasteiger partial charge in [-0.2, -0.15) is 0 Å². The maximum atomic E-state index is 12.1. The second kappa shape index (κ2) is 8.70. The summed E-state index contributed by atoms with van der Waals surface area (Å²) in [6, 6.07) is 8.33. The number of benzene rings is 1. The normalized spacial score (nSPS) is 12.3. The number of amides is 2. The average Bonchev–Trinajstić information content (AvgIpc) is 3.08. The smallest absolute Gasteiger partial charge is 0.406 e. The molecule has 0 fully saturated rings. The Morgan fingerprint density at radius 3 is 2.46 bits per heavy atom. The van der Waals surface area contributed by atoms with Crippen molar-refractivity contribution in [3.8, 4) is 5.75 Å². The second-order valence-corrected chi connectivity index (χ2v) is 6.34. The highest BCUT2D eigenvalue weighted by Crippen LogP contribution is 2.24. The van der Waals surface area contributed by atoms with Gasteiger partial charge in [0, 0.05) is 13.0 Å². The Kier molecular flexibility index (Phi) is 6.62. The van der Waals surface area contributed by atoms with E-state index in [1.807, 2.05) is 0 Å². The number of rotatable bonds is 7. The highest BCUT2D eigenvalue weighted by molar-refractivity contribution is 7.12. The van der Waals surface area contributed by atoms with Crippen LogP contribution in [0.3, 0.4) is 0 Å². The molecule has 5 nitrogen and oxygen atoms in total. The van der Waals surface area contributed by atoms with Crippen molar-refractivity contribution in [3.63, 3.8) is 0 Å². The SMILES string of the molecule is CC(NC(=O)CCNC(=O)c1cccs1)c1ccc(OC(F)(F)F)cc1. The van der Waals surface area contributed by atoms with Gasteiger partial charge in [0.25, 0.3) is 5.91 Å². The van der Waals surface area contributed by atoms with E-state index < -0.39 is 12.4 Å². The predicted molar refractivity (Wildman–Crippen MR) is 91.0 cm³/mol. The van der Waals surface area contributed by atoms with Crippen LogP contribution in [-0.2, 0) is 4.79 Å². The summed E-state index contributed by atoms with van der Waals surface area (Å²) in [7, 11) is 0. The third kappa shape index (κ3) is 6.40. The number of carbonyl (C=O) groups excluding carboxylic acids is 2. The van der Waals surface area contributed by atoms with Gasteiger partial charge in [0.05, 0.1) is 10.9 Å². The minimum Gasteiger partial charge on any atom is -0.406 e. The standard InChI is InChI=1S/C17H17F3N2O3S/c1-11(12-4-6-13(7-5-12)25-17(18,19)20)22-15(23)8-9-21-16(24)14-3-2-10-26-14/h2-7,10-11H,8-9H2,1H3,(H,21,24)(H,22,23). The maximum Gasteiger partial charge on any atom is 0.573 e. The van der Waals surface area contributed by atoms with E-state index in [-0.39, 0.29) is 30.5 Å². The molecule has 0 spiro atoms. The largest absolute Gasteiger partial charge is 0.573 e. The quantitative estimate of drug-likeness (QED) is 0.763. The number of ether oxygens (including phenoxy) is 1. The van der Waals surface area contributed by atoms with Gasteiger partial charge >= 0.3 is 6.36 Å². The van der Waals surface area contributed by atoms with E-state index in [4.69, 9.17) is 0 Å². The Labute approximate surface area is 152 Å². The van der Waals surface area contributed by atoms with Gasteiger partial charge in [0.1, 0.15) is 5.75 Å². The zero-order valence-electron chi connectivity index (χ0n) is 13.8. The molecule has 1 unspecified atom stereocenters. The molecule has 0 saturated heterocycles. The minimum absolute atomic E-state index is 0.0940. The molecule has 2 aromatic rings. The molecule has 2 N–H and O–H groups in total. The predicted octanol–water partition coefficient (Wildman–Crippen LogP) is 3.64. The molecule has 0 bridgehead atoms. The van der Waals surface area contributed by atoms with Gasteiger partial charge < -0.3 is 15.4 Å². The van der Waals surface area contributed by atoms with Crippen molar-refractivity contribution in [2.45, 2.75) is 25.7 Å². The summed E-state index contributed by atoms with van der Waals surface area (Å²) < 4.78 is 40.2. The highest BCUT2D eigenvalue weighted by Gasteiger charge is 2.31. The monoisotopic (exact) mass is 386 g/mol. The van der Waals surface area contributed by atoms with E-state index in [2.05, 4.69) is 15.4 Å². The Morgan fingerprint density at radius 1 is 1.19 bits per heavy atom. The molecule has 2 amide bonds. The fourth-order valence-electron chi connectivity index (χ4n) is 2.14. The van der Waals surface area contributed by atoms with Crippen molar-refractivity contribution >= 4 is 23.2 Å². The van der Waals surface area contributed by atoms with Gasteiger partial charge in [-0.15, -0.1) is 24.5 Å². The van der Waals surface area contributed by atoms with Crippen molar-refractivity contribution in [2.24, 2.45) is 0 Å². The Morgan fingerprint density at radius 2 is 1.88 bits per heavy atom. The molecule has 1 aromatic carbocycles. The third-order valence-electron chi connectivity index (χ3n) is 3.37. The van der Waals surface area contributed by atoms with Crippen molar-refractivity contribution in [3.05, 3.63) is 52.2 Å². The molecular formula is C17H17F3N2O3S. The zero-order chi connectivity index (χ0) is 19.2. The molecule has 0 aliphatic rings. The lowest BCUT2D eigenvalue weighted by molar-refractivity contribution is -0.274. The van der Waals surface area contributed by atoms with Crippen LogP contribution in [0.25, 0.3) is 0 Å². The summed E-state index contributed by atoms with van der Waals surface area (Å²) in [5, 5.41) is 7.15. The zero-order valence-corrected chi connectivity index (χ0v) is 14.6. The minimum atomic E-state index is -4.74. The third-order valence-corrected chi connectivity index (χ3v) is 4.24. The van der Waals surface area contributed by atoms with Crippen molar-refractivity contribution in [1.82, 2.24) is 10.6 Å². The van der Waals surface area contributed by atoms with E-state index >= 15 is 0 Å². The van der Waals surface area contributed by atoms with Gasteiger partial charge in [-0.25, -0.2) is 0 Å². The number of nitrogens with one attached hydrogen (secondary N) is 2. The molecule has 0 aliphatic heterocycles. The summed E-state index contributed by atoms with van der Waals surface area (Å²) in [5.74, 6) is -0.836. The van der Waals surface area contributed by atoms with Crippen LogP contribution < -0.4 is 15.4 Å². The molecule has 1 heterocycles. The Balaban J connectivity index is 1.76. The van der Waals surface area contributed by atoms with Crippen LogP contribution in [0.5, 0.6) is 5.75 Å². The summed E-state index contributed by atoms with van der Waals surface area (Å²) in [6.45, 7) is 1.90. The Bertz CT molecular complexity index is 731. The van der Waals surface area contributed by atoms with E-state index in [0.29, 0.717) is 10.4 Å². The number of halogens is 3. The summed E-state index contributed by atoms with van der Waals surface area (Å²) in [6.07, 6.45) is -4.65. The molecule has 0 saturated carbocycles. The molecule has 0 aliphatic carbocycles.